The number of thiophene rings is 1. The van der Waals surface area contributed by atoms with Crippen LogP contribution in [0.4, 0.5) is 5.82 Å². The highest BCUT2D eigenvalue weighted by Gasteiger charge is 2.48. The highest BCUT2D eigenvalue weighted by molar-refractivity contribution is 7.18. The summed E-state index contributed by atoms with van der Waals surface area (Å²) in [5, 5.41) is 4.91. The van der Waals surface area contributed by atoms with Gasteiger partial charge < -0.3 is 10.1 Å². The Balaban J connectivity index is 1.92. The molecule has 2 aromatic rings. The number of nitrogens with zero attached hydrogens (tertiary/aromatic N) is 2. The van der Waals surface area contributed by atoms with Gasteiger partial charge in [0.05, 0.1) is 11.5 Å². The van der Waals surface area contributed by atoms with Gasteiger partial charge in [0.2, 0.25) is 5.28 Å². The van der Waals surface area contributed by atoms with E-state index in [1.54, 1.807) is 18.4 Å². The fourth-order valence-electron chi connectivity index (χ4n) is 2.92. The van der Waals surface area contributed by atoms with Gasteiger partial charge in [-0.25, -0.2) is 9.97 Å². The van der Waals surface area contributed by atoms with Crippen molar-refractivity contribution in [2.45, 2.75) is 45.8 Å². The monoisotopic (exact) mass is 325 g/mol. The van der Waals surface area contributed by atoms with Crippen LogP contribution in [0, 0.1) is 5.41 Å². The molecular weight excluding hydrogens is 306 g/mol. The molecule has 0 aromatic carbocycles. The van der Waals surface area contributed by atoms with E-state index in [-0.39, 0.29) is 11.5 Å². The van der Waals surface area contributed by atoms with Gasteiger partial charge in [-0.2, -0.15) is 0 Å². The van der Waals surface area contributed by atoms with Crippen molar-refractivity contribution in [3.05, 3.63) is 16.2 Å². The zero-order valence-corrected chi connectivity index (χ0v) is 14.3. The summed E-state index contributed by atoms with van der Waals surface area (Å²) in [4.78, 5) is 11.0. The molecule has 2 atom stereocenters. The molecule has 1 aliphatic carbocycles. The highest BCUT2D eigenvalue weighted by Crippen LogP contribution is 2.44. The van der Waals surface area contributed by atoms with Crippen molar-refractivity contribution in [3.8, 4) is 0 Å². The van der Waals surface area contributed by atoms with Crippen LogP contribution in [-0.2, 0) is 11.2 Å². The van der Waals surface area contributed by atoms with E-state index in [1.807, 2.05) is 0 Å². The van der Waals surface area contributed by atoms with Crippen molar-refractivity contribution in [2.24, 2.45) is 5.41 Å². The maximum atomic E-state index is 6.07. The van der Waals surface area contributed by atoms with E-state index in [0.29, 0.717) is 11.3 Å². The number of rotatable bonds is 4. The molecule has 4 nitrogen and oxygen atoms in total. The van der Waals surface area contributed by atoms with E-state index in [4.69, 9.17) is 16.3 Å². The molecule has 0 radical (unpaired) electrons. The lowest BCUT2D eigenvalue weighted by Crippen LogP contribution is -2.57. The summed E-state index contributed by atoms with van der Waals surface area (Å²) < 4.78 is 5.51. The first kappa shape index (κ1) is 15.0. The summed E-state index contributed by atoms with van der Waals surface area (Å²) in [5.41, 5.74) is 0.0854. The van der Waals surface area contributed by atoms with Gasteiger partial charge in [0.15, 0.2) is 0 Å². The van der Waals surface area contributed by atoms with E-state index in [0.717, 1.165) is 28.9 Å². The minimum Gasteiger partial charge on any atom is -0.381 e. The number of aromatic nitrogens is 2. The molecule has 2 aromatic heterocycles. The molecule has 21 heavy (non-hydrogen) atoms. The van der Waals surface area contributed by atoms with Crippen LogP contribution in [0.1, 0.15) is 32.1 Å². The maximum absolute atomic E-state index is 6.07. The van der Waals surface area contributed by atoms with E-state index in [1.165, 1.54) is 4.88 Å². The average Bonchev–Trinajstić information content (AvgIpc) is 2.85. The van der Waals surface area contributed by atoms with E-state index >= 15 is 0 Å². The quantitative estimate of drug-likeness (QED) is 0.858. The van der Waals surface area contributed by atoms with E-state index in [2.05, 4.69) is 42.1 Å². The van der Waals surface area contributed by atoms with Crippen LogP contribution < -0.4 is 5.32 Å². The third kappa shape index (κ3) is 2.51. The van der Waals surface area contributed by atoms with Crippen LogP contribution in [-0.4, -0.2) is 29.2 Å². The van der Waals surface area contributed by atoms with Gasteiger partial charge in [-0.1, -0.05) is 20.8 Å². The predicted octanol–water partition coefficient (Wildman–Crippen LogP) is 4.13. The Labute approximate surface area is 133 Å². The zero-order chi connectivity index (χ0) is 15.2. The molecule has 1 N–H and O–H groups in total. The minimum absolute atomic E-state index is 0.0854. The number of ether oxygens (including phenoxy) is 1. The number of fused-ring (bicyclic) bond motifs is 1. The number of anilines is 1. The fourth-order valence-corrected chi connectivity index (χ4v) is 4.11. The smallest absolute Gasteiger partial charge is 0.225 e. The molecule has 114 valence electrons. The first-order chi connectivity index (χ1) is 9.95. The molecule has 2 heterocycles. The molecule has 3 rings (SSSR count). The Hall–Kier alpha value is -0.910. The van der Waals surface area contributed by atoms with Crippen molar-refractivity contribution in [1.82, 2.24) is 9.97 Å². The largest absolute Gasteiger partial charge is 0.381 e. The first-order valence-corrected chi connectivity index (χ1v) is 8.40. The molecule has 6 heteroatoms. The molecular formula is C15H20ClN3OS. The maximum Gasteiger partial charge on any atom is 0.225 e. The molecule has 1 aliphatic rings. The number of hydrogen-bond acceptors (Lipinski definition) is 5. The second-order valence-electron chi connectivity index (χ2n) is 6.10. The number of nitrogens with one attached hydrogen (secondary N) is 1. The second kappa shape index (κ2) is 5.38. The Kier molecular flexibility index (Phi) is 3.84. The third-order valence-corrected chi connectivity index (χ3v) is 5.88. The van der Waals surface area contributed by atoms with Gasteiger partial charge in [-0.3, -0.25) is 0 Å². The van der Waals surface area contributed by atoms with Crippen LogP contribution in [0.25, 0.3) is 10.2 Å². The summed E-state index contributed by atoms with van der Waals surface area (Å²) >= 11 is 7.75. The number of halogens is 1. The molecule has 0 aliphatic heterocycles. The van der Waals surface area contributed by atoms with Crippen LogP contribution in [0.15, 0.2) is 6.07 Å². The van der Waals surface area contributed by atoms with Gasteiger partial charge in [-0.15, -0.1) is 11.3 Å². The molecule has 0 bridgehead atoms. The topological polar surface area (TPSA) is 47.0 Å². The Morgan fingerprint density at radius 1 is 1.48 bits per heavy atom. The van der Waals surface area contributed by atoms with Crippen LogP contribution in [0.3, 0.4) is 0 Å². The third-order valence-electron chi connectivity index (χ3n) is 4.54. The average molecular weight is 326 g/mol. The van der Waals surface area contributed by atoms with Crippen molar-refractivity contribution < 1.29 is 4.74 Å². The molecule has 2 unspecified atom stereocenters. The first-order valence-electron chi connectivity index (χ1n) is 7.21. The lowest BCUT2D eigenvalue weighted by Gasteiger charge is -2.51. The van der Waals surface area contributed by atoms with Gasteiger partial charge in [-0.05, 0) is 30.5 Å². The van der Waals surface area contributed by atoms with E-state index < -0.39 is 0 Å². The number of methoxy groups -OCH3 is 1. The second-order valence-corrected chi connectivity index (χ2v) is 7.56. The van der Waals surface area contributed by atoms with Crippen molar-refractivity contribution >= 4 is 39.0 Å². The molecule has 0 spiro atoms. The van der Waals surface area contributed by atoms with Crippen molar-refractivity contribution in [2.75, 3.05) is 12.4 Å². The number of hydrogen-bond donors (Lipinski definition) is 1. The lowest BCUT2D eigenvalue weighted by molar-refractivity contribution is -0.0795. The van der Waals surface area contributed by atoms with Crippen molar-refractivity contribution in [3.63, 3.8) is 0 Å². The highest BCUT2D eigenvalue weighted by atomic mass is 35.5. The fraction of sp³-hybridized carbons (Fsp3) is 0.600. The predicted molar refractivity (Wildman–Crippen MR) is 88.4 cm³/mol. The molecule has 1 saturated carbocycles. The zero-order valence-electron chi connectivity index (χ0n) is 12.7. The standard InChI is InChI=1S/C15H20ClN3OS/c1-5-8-6-9-12(18-14(16)19-13(9)21-8)17-10-7-11(20-4)15(10,2)3/h6,10-11H,5,7H2,1-4H3,(H,17,18,19). The van der Waals surface area contributed by atoms with Crippen molar-refractivity contribution in [1.29, 1.82) is 0 Å². The van der Waals surface area contributed by atoms with Gasteiger partial charge in [0, 0.05) is 23.4 Å². The Bertz CT molecular complexity index is 670. The van der Waals surface area contributed by atoms with Crippen LogP contribution in [0.5, 0.6) is 0 Å². The van der Waals surface area contributed by atoms with Crippen LogP contribution in [0.2, 0.25) is 5.28 Å². The Morgan fingerprint density at radius 3 is 2.86 bits per heavy atom. The normalized spacial score (nSPS) is 24.0. The molecule has 0 amide bonds. The van der Waals surface area contributed by atoms with Gasteiger partial charge in [0.25, 0.3) is 0 Å². The molecule has 1 fully saturated rings. The van der Waals surface area contributed by atoms with Gasteiger partial charge in [0.1, 0.15) is 10.6 Å². The summed E-state index contributed by atoms with van der Waals surface area (Å²) in [7, 11) is 1.77. The molecule has 0 saturated heterocycles. The SMILES string of the molecule is CCc1cc2c(NC3CC(OC)C3(C)C)nc(Cl)nc2s1. The lowest BCUT2D eigenvalue weighted by atomic mass is 9.64. The summed E-state index contributed by atoms with van der Waals surface area (Å²) in [5.74, 6) is 0.841. The summed E-state index contributed by atoms with van der Waals surface area (Å²) in [6, 6.07) is 2.50. The summed E-state index contributed by atoms with van der Waals surface area (Å²) in [6.07, 6.45) is 2.27. The Morgan fingerprint density at radius 2 is 2.24 bits per heavy atom. The number of aryl methyl sites for hydroxylation is 1. The minimum atomic E-state index is 0.0854. The van der Waals surface area contributed by atoms with Crippen LogP contribution >= 0.6 is 22.9 Å². The van der Waals surface area contributed by atoms with Gasteiger partial charge >= 0.3 is 0 Å². The summed E-state index contributed by atoms with van der Waals surface area (Å²) in [6.45, 7) is 6.58. The van der Waals surface area contributed by atoms with E-state index in [9.17, 15) is 0 Å².